The van der Waals surface area contributed by atoms with Crippen LogP contribution in [0.2, 0.25) is 0 Å². The van der Waals surface area contributed by atoms with Gasteiger partial charge in [0.05, 0.1) is 11.3 Å². The van der Waals surface area contributed by atoms with Crippen molar-refractivity contribution >= 4 is 22.4 Å². The van der Waals surface area contributed by atoms with E-state index >= 15 is 0 Å². The lowest BCUT2D eigenvalue weighted by molar-refractivity contribution is 0.102. The lowest BCUT2D eigenvalue weighted by Crippen LogP contribution is -2.32. The number of thiazole rings is 1. The van der Waals surface area contributed by atoms with Crippen LogP contribution in [0, 0.1) is 5.92 Å². The predicted octanol–water partition coefficient (Wildman–Crippen LogP) is 3.02. The number of anilines is 1. The second-order valence-electron chi connectivity index (χ2n) is 5.80. The fraction of sp³-hybridized carbons (Fsp3) is 0.438. The van der Waals surface area contributed by atoms with E-state index in [0.717, 1.165) is 31.2 Å². The van der Waals surface area contributed by atoms with Crippen LogP contribution in [0.5, 0.6) is 0 Å². The number of rotatable bonds is 4. The lowest BCUT2D eigenvalue weighted by Gasteiger charge is -2.29. The average molecular weight is 316 g/mol. The third kappa shape index (κ3) is 3.90. The van der Waals surface area contributed by atoms with Crippen LogP contribution in [0.25, 0.3) is 0 Å². The van der Waals surface area contributed by atoms with Gasteiger partial charge in [0.25, 0.3) is 5.91 Å². The third-order valence-corrected chi connectivity index (χ3v) is 4.76. The van der Waals surface area contributed by atoms with Gasteiger partial charge in [-0.3, -0.25) is 20.0 Å². The molecule has 2 aromatic heterocycles. The van der Waals surface area contributed by atoms with Crippen molar-refractivity contribution in [3.8, 4) is 0 Å². The van der Waals surface area contributed by atoms with Crippen molar-refractivity contribution in [2.75, 3.05) is 18.4 Å². The highest BCUT2D eigenvalue weighted by Gasteiger charge is 2.17. The van der Waals surface area contributed by atoms with Crippen LogP contribution >= 0.6 is 11.3 Å². The van der Waals surface area contributed by atoms with Crippen molar-refractivity contribution in [2.45, 2.75) is 26.3 Å². The maximum Gasteiger partial charge on any atom is 0.259 e. The molecule has 1 amide bonds. The number of aromatic nitrogens is 2. The van der Waals surface area contributed by atoms with E-state index in [4.69, 9.17) is 0 Å². The second kappa shape index (κ2) is 6.98. The van der Waals surface area contributed by atoms with Crippen LogP contribution in [0.1, 0.15) is 35.8 Å². The number of nitrogens with zero attached hydrogens (tertiary/aromatic N) is 3. The van der Waals surface area contributed by atoms with Crippen molar-refractivity contribution < 1.29 is 4.79 Å². The lowest BCUT2D eigenvalue weighted by atomic mass is 9.99. The average Bonchev–Trinajstić information content (AvgIpc) is 2.97. The van der Waals surface area contributed by atoms with E-state index < -0.39 is 0 Å². The second-order valence-corrected chi connectivity index (χ2v) is 6.66. The summed E-state index contributed by atoms with van der Waals surface area (Å²) in [5.41, 5.74) is 1.57. The van der Waals surface area contributed by atoms with Crippen LogP contribution in [0.4, 0.5) is 5.13 Å². The molecule has 2 aromatic rings. The standard InChI is InChI=1S/C16H20N4OS/c1-12-4-7-20(8-5-12)10-14-11-22-16(18-14)19-15(21)13-3-2-6-17-9-13/h2-3,6,9,11-12H,4-5,7-8,10H2,1H3,(H,18,19,21). The Morgan fingerprint density at radius 2 is 2.27 bits per heavy atom. The normalized spacial score (nSPS) is 16.6. The Morgan fingerprint density at radius 1 is 1.45 bits per heavy atom. The van der Waals surface area contributed by atoms with Crippen molar-refractivity contribution in [1.82, 2.24) is 14.9 Å². The van der Waals surface area contributed by atoms with Crippen LogP contribution in [-0.2, 0) is 6.54 Å². The van der Waals surface area contributed by atoms with Gasteiger partial charge in [-0.2, -0.15) is 0 Å². The van der Waals surface area contributed by atoms with Crippen molar-refractivity contribution in [3.63, 3.8) is 0 Å². The molecule has 0 aromatic carbocycles. The molecule has 3 heterocycles. The van der Waals surface area contributed by atoms with Crippen molar-refractivity contribution in [1.29, 1.82) is 0 Å². The molecule has 0 unspecified atom stereocenters. The summed E-state index contributed by atoms with van der Waals surface area (Å²) in [7, 11) is 0. The Labute approximate surface area is 134 Å². The van der Waals surface area contributed by atoms with E-state index in [0.29, 0.717) is 10.7 Å². The minimum absolute atomic E-state index is 0.166. The van der Waals surface area contributed by atoms with Gasteiger partial charge in [-0.05, 0) is 44.0 Å². The number of carbonyl (C=O) groups is 1. The van der Waals surface area contributed by atoms with E-state index in [2.05, 4.69) is 27.1 Å². The molecule has 0 saturated carbocycles. The Kier molecular flexibility index (Phi) is 4.80. The highest BCUT2D eigenvalue weighted by atomic mass is 32.1. The van der Waals surface area contributed by atoms with Crippen LogP contribution in [0.15, 0.2) is 29.9 Å². The largest absolute Gasteiger partial charge is 0.298 e. The van der Waals surface area contributed by atoms with Gasteiger partial charge in [-0.15, -0.1) is 11.3 Å². The van der Waals surface area contributed by atoms with Gasteiger partial charge in [0.15, 0.2) is 5.13 Å². The van der Waals surface area contributed by atoms with Gasteiger partial charge >= 0.3 is 0 Å². The zero-order valence-electron chi connectivity index (χ0n) is 12.7. The minimum atomic E-state index is -0.166. The maximum atomic E-state index is 12.1. The van der Waals surface area contributed by atoms with Gasteiger partial charge < -0.3 is 0 Å². The zero-order chi connectivity index (χ0) is 15.4. The molecule has 1 aliphatic rings. The molecular weight excluding hydrogens is 296 g/mol. The number of pyridine rings is 1. The molecule has 22 heavy (non-hydrogen) atoms. The summed E-state index contributed by atoms with van der Waals surface area (Å²) in [5, 5.41) is 5.50. The Balaban J connectivity index is 1.56. The minimum Gasteiger partial charge on any atom is -0.298 e. The van der Waals surface area contributed by atoms with Crippen molar-refractivity contribution in [3.05, 3.63) is 41.2 Å². The number of amides is 1. The third-order valence-electron chi connectivity index (χ3n) is 3.96. The summed E-state index contributed by atoms with van der Waals surface area (Å²) in [6, 6.07) is 3.49. The SMILES string of the molecule is CC1CCN(Cc2csc(NC(=O)c3cccnc3)n2)CC1. The molecule has 1 aliphatic heterocycles. The van der Waals surface area contributed by atoms with Gasteiger partial charge in [0.2, 0.25) is 0 Å². The van der Waals surface area contributed by atoms with Crippen LogP contribution in [0.3, 0.4) is 0 Å². The molecule has 0 bridgehead atoms. The zero-order valence-corrected chi connectivity index (χ0v) is 13.5. The first kappa shape index (κ1) is 15.1. The molecule has 0 aliphatic carbocycles. The first-order chi connectivity index (χ1) is 10.7. The monoisotopic (exact) mass is 316 g/mol. The summed E-state index contributed by atoms with van der Waals surface area (Å²) in [4.78, 5) is 23.0. The smallest absolute Gasteiger partial charge is 0.259 e. The highest BCUT2D eigenvalue weighted by molar-refractivity contribution is 7.13. The Bertz CT molecular complexity index is 620. The van der Waals surface area contributed by atoms with Crippen molar-refractivity contribution in [2.24, 2.45) is 5.92 Å². The molecule has 1 saturated heterocycles. The molecule has 116 valence electrons. The van der Waals surface area contributed by atoms with Gasteiger partial charge in [-0.25, -0.2) is 4.98 Å². The quantitative estimate of drug-likeness (QED) is 0.942. The molecule has 1 fully saturated rings. The molecule has 1 N–H and O–H groups in total. The maximum absolute atomic E-state index is 12.1. The number of carbonyl (C=O) groups excluding carboxylic acids is 1. The number of nitrogens with one attached hydrogen (secondary N) is 1. The predicted molar refractivity (Wildman–Crippen MR) is 88.0 cm³/mol. The first-order valence-corrected chi connectivity index (χ1v) is 8.47. The molecule has 0 spiro atoms. The molecule has 0 atom stereocenters. The van der Waals surface area contributed by atoms with Gasteiger partial charge in [-0.1, -0.05) is 6.92 Å². The van der Waals surface area contributed by atoms with E-state index in [1.807, 2.05) is 5.38 Å². The van der Waals surface area contributed by atoms with Gasteiger partial charge in [0.1, 0.15) is 0 Å². The van der Waals surface area contributed by atoms with Crippen LogP contribution < -0.4 is 5.32 Å². The van der Waals surface area contributed by atoms with Gasteiger partial charge in [0, 0.05) is 24.3 Å². The Hall–Kier alpha value is -1.79. The van der Waals surface area contributed by atoms with E-state index in [1.165, 1.54) is 24.2 Å². The number of likely N-dealkylation sites (tertiary alicyclic amines) is 1. The number of piperidine rings is 1. The summed E-state index contributed by atoms with van der Waals surface area (Å²) >= 11 is 1.47. The van der Waals surface area contributed by atoms with Crippen LogP contribution in [-0.4, -0.2) is 33.9 Å². The summed E-state index contributed by atoms with van der Waals surface area (Å²) in [5.74, 6) is 0.668. The number of hydrogen-bond donors (Lipinski definition) is 1. The molecular formula is C16H20N4OS. The molecule has 6 heteroatoms. The summed E-state index contributed by atoms with van der Waals surface area (Å²) in [6.07, 6.45) is 5.72. The fourth-order valence-electron chi connectivity index (χ4n) is 2.55. The fourth-order valence-corrected chi connectivity index (χ4v) is 3.25. The van der Waals surface area contributed by atoms with E-state index in [-0.39, 0.29) is 5.91 Å². The Morgan fingerprint density at radius 3 is 3.00 bits per heavy atom. The topological polar surface area (TPSA) is 58.1 Å². The molecule has 5 nitrogen and oxygen atoms in total. The summed E-state index contributed by atoms with van der Waals surface area (Å²) < 4.78 is 0. The molecule has 3 rings (SSSR count). The van der Waals surface area contributed by atoms with E-state index in [1.54, 1.807) is 24.5 Å². The highest BCUT2D eigenvalue weighted by Crippen LogP contribution is 2.21. The van der Waals surface area contributed by atoms with E-state index in [9.17, 15) is 4.79 Å². The first-order valence-electron chi connectivity index (χ1n) is 7.59. The molecule has 0 radical (unpaired) electrons. The summed E-state index contributed by atoms with van der Waals surface area (Å²) in [6.45, 7) is 5.45. The number of hydrogen-bond acceptors (Lipinski definition) is 5.